The van der Waals surface area contributed by atoms with Gasteiger partial charge in [-0.2, -0.15) is 0 Å². The van der Waals surface area contributed by atoms with Gasteiger partial charge in [0.25, 0.3) is 10.0 Å². The number of aryl methyl sites for hydroxylation is 1. The van der Waals surface area contributed by atoms with Crippen molar-refractivity contribution in [2.75, 3.05) is 21.9 Å². The summed E-state index contributed by atoms with van der Waals surface area (Å²) in [4.78, 5) is 15.9. The van der Waals surface area contributed by atoms with E-state index >= 15 is 0 Å². The molecule has 0 spiro atoms. The fourth-order valence-corrected chi connectivity index (χ4v) is 3.77. The molecule has 0 unspecified atom stereocenters. The van der Waals surface area contributed by atoms with Gasteiger partial charge in [-0.1, -0.05) is 25.1 Å². The van der Waals surface area contributed by atoms with Crippen LogP contribution < -0.4 is 15.4 Å². The Morgan fingerprint density at radius 1 is 1.03 bits per heavy atom. The van der Waals surface area contributed by atoms with E-state index in [1.165, 1.54) is 12.1 Å². The summed E-state index contributed by atoms with van der Waals surface area (Å²) in [7, 11) is -4.10. The van der Waals surface area contributed by atoms with E-state index < -0.39 is 21.7 Å². The van der Waals surface area contributed by atoms with Crippen LogP contribution in [0.3, 0.4) is 0 Å². The third kappa shape index (κ3) is 5.98. The van der Waals surface area contributed by atoms with Gasteiger partial charge in [0.1, 0.15) is 22.3 Å². The van der Waals surface area contributed by atoms with Crippen molar-refractivity contribution in [3.05, 3.63) is 78.0 Å². The number of amides is 1. The van der Waals surface area contributed by atoms with Crippen LogP contribution in [0.15, 0.2) is 65.7 Å². The zero-order valence-corrected chi connectivity index (χ0v) is 17.3. The second kappa shape index (κ2) is 9.52. The number of aromatic nitrogens is 1. The molecule has 0 atom stereocenters. The molecule has 3 aromatic rings. The van der Waals surface area contributed by atoms with Crippen molar-refractivity contribution in [3.8, 4) is 0 Å². The van der Waals surface area contributed by atoms with E-state index in [4.69, 9.17) is 0 Å². The van der Waals surface area contributed by atoms with Crippen molar-refractivity contribution in [1.29, 1.82) is 0 Å². The number of pyridine rings is 1. The maximum atomic E-state index is 13.3. The molecular weight excluding hydrogens is 426 g/mol. The van der Waals surface area contributed by atoms with Crippen LogP contribution >= 0.6 is 0 Å². The number of nitrogens with zero attached hydrogens (tertiary/aromatic N) is 1. The van der Waals surface area contributed by atoms with Gasteiger partial charge < -0.3 is 10.6 Å². The summed E-state index contributed by atoms with van der Waals surface area (Å²) in [5.41, 5.74) is 1.49. The fraction of sp³-hybridized carbons (Fsp3) is 0.143. The molecule has 7 nitrogen and oxygen atoms in total. The highest BCUT2D eigenvalue weighted by Crippen LogP contribution is 2.19. The summed E-state index contributed by atoms with van der Waals surface area (Å²) in [6.07, 6.45) is 1.85. The van der Waals surface area contributed by atoms with E-state index in [9.17, 15) is 22.0 Å². The monoisotopic (exact) mass is 446 g/mol. The average molecular weight is 446 g/mol. The highest BCUT2D eigenvalue weighted by molar-refractivity contribution is 7.92. The first kappa shape index (κ1) is 22.2. The van der Waals surface area contributed by atoms with Gasteiger partial charge in [0.05, 0.1) is 12.2 Å². The summed E-state index contributed by atoms with van der Waals surface area (Å²) in [5, 5.41) is 5.62. The second-order valence-electron chi connectivity index (χ2n) is 6.56. The predicted octanol–water partition coefficient (Wildman–Crippen LogP) is 3.77. The Morgan fingerprint density at radius 3 is 2.39 bits per heavy atom. The maximum Gasteiger partial charge on any atom is 0.263 e. The minimum absolute atomic E-state index is 0.0715. The number of para-hydroxylation sites is 1. The lowest BCUT2D eigenvalue weighted by molar-refractivity contribution is -0.114. The molecule has 0 saturated carbocycles. The molecule has 162 valence electrons. The van der Waals surface area contributed by atoms with Crippen molar-refractivity contribution in [1.82, 2.24) is 4.98 Å². The van der Waals surface area contributed by atoms with E-state index in [1.54, 1.807) is 0 Å². The number of hydrogen-bond donors (Lipinski definition) is 3. The first-order valence-electron chi connectivity index (χ1n) is 9.33. The molecule has 10 heteroatoms. The second-order valence-corrected chi connectivity index (χ2v) is 8.24. The lowest BCUT2D eigenvalue weighted by Crippen LogP contribution is -2.22. The quantitative estimate of drug-likeness (QED) is 0.489. The zero-order chi connectivity index (χ0) is 22.4. The molecule has 2 aromatic carbocycles. The summed E-state index contributed by atoms with van der Waals surface area (Å²) in [6.45, 7) is 1.92. The molecule has 3 rings (SSSR count). The molecule has 0 fully saturated rings. The Labute approximate surface area is 178 Å². The summed E-state index contributed by atoms with van der Waals surface area (Å²) in [6, 6.07) is 12.5. The van der Waals surface area contributed by atoms with E-state index in [1.807, 2.05) is 31.2 Å². The number of benzene rings is 2. The number of carbonyl (C=O) groups excluding carboxylic acids is 1. The minimum Gasteiger partial charge on any atom is -0.361 e. The lowest BCUT2D eigenvalue weighted by atomic mass is 10.1. The highest BCUT2D eigenvalue weighted by Gasteiger charge is 2.16. The molecule has 0 aliphatic carbocycles. The van der Waals surface area contributed by atoms with Crippen molar-refractivity contribution >= 4 is 33.1 Å². The Bertz CT molecular complexity index is 1170. The zero-order valence-electron chi connectivity index (χ0n) is 16.5. The summed E-state index contributed by atoms with van der Waals surface area (Å²) >= 11 is 0. The number of sulfonamides is 1. The molecule has 0 bridgehead atoms. The van der Waals surface area contributed by atoms with Crippen molar-refractivity contribution in [2.45, 2.75) is 18.2 Å². The number of anilines is 3. The molecule has 1 amide bonds. The number of hydrogen-bond acceptors (Lipinski definition) is 5. The fourth-order valence-electron chi connectivity index (χ4n) is 2.79. The van der Waals surface area contributed by atoms with Crippen molar-refractivity contribution in [3.63, 3.8) is 0 Å². The van der Waals surface area contributed by atoms with Crippen LogP contribution in [-0.4, -0.2) is 25.9 Å². The van der Waals surface area contributed by atoms with E-state index in [0.717, 1.165) is 36.0 Å². The van der Waals surface area contributed by atoms with Gasteiger partial charge in [-0.15, -0.1) is 0 Å². The normalized spacial score (nSPS) is 11.1. The first-order chi connectivity index (χ1) is 14.8. The largest absolute Gasteiger partial charge is 0.361 e. The molecule has 1 aromatic heterocycles. The number of rotatable bonds is 8. The van der Waals surface area contributed by atoms with Crippen LogP contribution in [0.2, 0.25) is 0 Å². The maximum absolute atomic E-state index is 13.3. The van der Waals surface area contributed by atoms with Crippen LogP contribution in [0.4, 0.5) is 26.0 Å². The van der Waals surface area contributed by atoms with Crippen molar-refractivity contribution in [2.24, 2.45) is 0 Å². The van der Waals surface area contributed by atoms with E-state index in [-0.39, 0.29) is 28.9 Å². The lowest BCUT2D eigenvalue weighted by Gasteiger charge is -2.11. The standard InChI is InChI=1S/C21H20F2N4O3S/c1-2-14-5-3-4-6-19(14)26-21(28)13-25-20-8-7-18(12-24-20)31(29,30)27-17-10-15(22)9-16(23)11-17/h3-12,27H,2,13H2,1H3,(H,24,25)(H,26,28). The Morgan fingerprint density at radius 2 is 1.74 bits per heavy atom. The van der Waals surface area contributed by atoms with Gasteiger partial charge in [0, 0.05) is 18.0 Å². The van der Waals surface area contributed by atoms with E-state index in [2.05, 4.69) is 20.3 Å². The van der Waals surface area contributed by atoms with Gasteiger partial charge in [-0.05, 0) is 42.3 Å². The van der Waals surface area contributed by atoms with Gasteiger partial charge in [0.2, 0.25) is 5.91 Å². The van der Waals surface area contributed by atoms with Crippen LogP contribution in [0.5, 0.6) is 0 Å². The molecule has 0 aliphatic heterocycles. The van der Waals surface area contributed by atoms with Crippen molar-refractivity contribution < 1.29 is 22.0 Å². The Hall–Kier alpha value is -3.53. The summed E-state index contributed by atoms with van der Waals surface area (Å²) in [5.74, 6) is -1.81. The molecule has 0 saturated heterocycles. The molecule has 1 heterocycles. The van der Waals surface area contributed by atoms with Gasteiger partial charge in [-0.25, -0.2) is 22.2 Å². The van der Waals surface area contributed by atoms with Crippen LogP contribution in [0.1, 0.15) is 12.5 Å². The third-order valence-electron chi connectivity index (χ3n) is 4.26. The first-order valence-corrected chi connectivity index (χ1v) is 10.8. The molecule has 31 heavy (non-hydrogen) atoms. The van der Waals surface area contributed by atoms with Gasteiger partial charge >= 0.3 is 0 Å². The third-order valence-corrected chi connectivity index (χ3v) is 5.63. The van der Waals surface area contributed by atoms with Crippen LogP contribution in [-0.2, 0) is 21.2 Å². The summed E-state index contributed by atoms with van der Waals surface area (Å²) < 4.78 is 53.4. The Balaban J connectivity index is 1.61. The van der Waals surface area contributed by atoms with Crippen LogP contribution in [0.25, 0.3) is 0 Å². The smallest absolute Gasteiger partial charge is 0.263 e. The molecular formula is C21H20F2N4O3S. The van der Waals surface area contributed by atoms with E-state index in [0.29, 0.717) is 6.07 Å². The number of carbonyl (C=O) groups is 1. The molecule has 3 N–H and O–H groups in total. The highest BCUT2D eigenvalue weighted by atomic mass is 32.2. The Kier molecular flexibility index (Phi) is 6.81. The SMILES string of the molecule is CCc1ccccc1NC(=O)CNc1ccc(S(=O)(=O)Nc2cc(F)cc(F)c2)cn1. The molecule has 0 aliphatic rings. The minimum atomic E-state index is -4.10. The number of halogens is 2. The topological polar surface area (TPSA) is 100 Å². The van der Waals surface area contributed by atoms with Gasteiger partial charge in [0.15, 0.2) is 0 Å². The number of nitrogens with one attached hydrogen (secondary N) is 3. The average Bonchev–Trinajstić information content (AvgIpc) is 2.72. The molecule has 0 radical (unpaired) electrons. The van der Waals surface area contributed by atoms with Crippen LogP contribution in [0, 0.1) is 11.6 Å². The van der Waals surface area contributed by atoms with Gasteiger partial charge in [-0.3, -0.25) is 9.52 Å². The predicted molar refractivity (Wildman–Crippen MR) is 114 cm³/mol.